The molecule has 0 aliphatic heterocycles. The summed E-state index contributed by atoms with van der Waals surface area (Å²) in [5, 5.41) is 10.9. The number of urea groups is 1. The van der Waals surface area contributed by atoms with Gasteiger partial charge in [-0.15, -0.1) is 0 Å². The van der Waals surface area contributed by atoms with E-state index in [1.54, 1.807) is 7.05 Å². The van der Waals surface area contributed by atoms with Gasteiger partial charge in [0, 0.05) is 31.3 Å². The highest BCUT2D eigenvalue weighted by molar-refractivity contribution is 6.07. The number of likely N-dealkylation sites (N-methyl/N-ethyl adjacent to an activating group) is 1. The molecule has 3 amide bonds. The van der Waals surface area contributed by atoms with Crippen molar-refractivity contribution in [2.24, 2.45) is 5.92 Å². The third-order valence-corrected chi connectivity index (χ3v) is 3.41. The third kappa shape index (κ3) is 5.95. The number of imide groups is 1. The number of carboxylic acid groups (broad SMARTS) is 1. The van der Waals surface area contributed by atoms with Crippen LogP contribution in [0.25, 0.3) is 0 Å². The first kappa shape index (κ1) is 17.2. The van der Waals surface area contributed by atoms with Crippen molar-refractivity contribution in [3.8, 4) is 0 Å². The maximum absolute atomic E-state index is 11.8. The Morgan fingerprint density at radius 2 is 1.86 bits per heavy atom. The summed E-state index contributed by atoms with van der Waals surface area (Å²) in [4.78, 5) is 35.6. The Morgan fingerprint density at radius 1 is 1.24 bits per heavy atom. The molecule has 1 saturated carbocycles. The van der Waals surface area contributed by atoms with E-state index in [9.17, 15) is 14.4 Å². The van der Waals surface area contributed by atoms with Gasteiger partial charge in [-0.05, 0) is 32.6 Å². The summed E-state index contributed by atoms with van der Waals surface area (Å²) in [6.45, 7) is 4.18. The van der Waals surface area contributed by atoms with Crippen molar-refractivity contribution in [2.75, 3.05) is 26.8 Å². The van der Waals surface area contributed by atoms with Crippen LogP contribution in [0.5, 0.6) is 0 Å². The number of rotatable bonds is 7. The fourth-order valence-corrected chi connectivity index (χ4v) is 1.45. The van der Waals surface area contributed by atoms with Gasteiger partial charge in [0.25, 0.3) is 5.91 Å². The van der Waals surface area contributed by atoms with Crippen molar-refractivity contribution >= 4 is 17.9 Å². The summed E-state index contributed by atoms with van der Waals surface area (Å²) in [5.41, 5.74) is -0.0787. The number of aliphatic carboxylic acids is 1. The van der Waals surface area contributed by atoms with E-state index in [-0.39, 0.29) is 11.1 Å². The SMILES string of the molecule is CC(C(=O)O)=C(C)C(=O)NC(=O)N(C)CCOCC1CC1. The summed E-state index contributed by atoms with van der Waals surface area (Å²) in [6, 6.07) is -0.576. The summed E-state index contributed by atoms with van der Waals surface area (Å²) >= 11 is 0. The molecule has 7 nitrogen and oxygen atoms in total. The van der Waals surface area contributed by atoms with Crippen LogP contribution in [0, 0.1) is 5.92 Å². The Balaban J connectivity index is 2.34. The Morgan fingerprint density at radius 3 is 2.38 bits per heavy atom. The normalized spacial score (nSPS) is 15.2. The average molecular weight is 298 g/mol. The molecule has 0 aromatic heterocycles. The number of amides is 3. The number of hydrogen-bond donors (Lipinski definition) is 2. The molecule has 1 aliphatic carbocycles. The Kier molecular flexibility index (Phi) is 6.36. The molecule has 1 fully saturated rings. The van der Waals surface area contributed by atoms with Crippen LogP contribution in [0.4, 0.5) is 4.79 Å². The quantitative estimate of drug-likeness (QED) is 0.540. The molecule has 0 saturated heterocycles. The number of hydrogen-bond acceptors (Lipinski definition) is 4. The van der Waals surface area contributed by atoms with Gasteiger partial charge in [-0.1, -0.05) is 0 Å². The van der Waals surface area contributed by atoms with E-state index in [0.717, 1.165) is 0 Å². The highest BCUT2D eigenvalue weighted by Gasteiger charge is 2.21. The number of carbonyl (C=O) groups excluding carboxylic acids is 2. The molecule has 118 valence electrons. The molecule has 1 rings (SSSR count). The summed E-state index contributed by atoms with van der Waals surface area (Å²) in [6.07, 6.45) is 2.42. The van der Waals surface area contributed by atoms with Crippen molar-refractivity contribution < 1.29 is 24.2 Å². The van der Waals surface area contributed by atoms with E-state index in [4.69, 9.17) is 9.84 Å². The maximum Gasteiger partial charge on any atom is 0.331 e. The Hall–Kier alpha value is -1.89. The van der Waals surface area contributed by atoms with E-state index in [1.165, 1.54) is 31.6 Å². The number of carbonyl (C=O) groups is 3. The molecular weight excluding hydrogens is 276 g/mol. The number of ether oxygens (including phenoxy) is 1. The second-order valence-electron chi connectivity index (χ2n) is 5.25. The van der Waals surface area contributed by atoms with E-state index < -0.39 is 17.9 Å². The number of nitrogens with one attached hydrogen (secondary N) is 1. The molecular formula is C14H22N2O5. The molecule has 21 heavy (non-hydrogen) atoms. The second-order valence-corrected chi connectivity index (χ2v) is 5.25. The lowest BCUT2D eigenvalue weighted by atomic mass is 10.1. The Bertz CT molecular complexity index is 454. The lowest BCUT2D eigenvalue weighted by Crippen LogP contribution is -2.42. The first-order chi connectivity index (χ1) is 9.82. The molecule has 0 atom stereocenters. The molecule has 0 aromatic rings. The van der Waals surface area contributed by atoms with Gasteiger partial charge in [0.15, 0.2) is 0 Å². The van der Waals surface area contributed by atoms with Gasteiger partial charge in [-0.3, -0.25) is 10.1 Å². The fourth-order valence-electron chi connectivity index (χ4n) is 1.45. The molecule has 0 bridgehead atoms. The number of carboxylic acids is 1. The Labute approximate surface area is 123 Å². The molecule has 0 unspecified atom stereocenters. The van der Waals surface area contributed by atoms with Gasteiger partial charge in [-0.2, -0.15) is 0 Å². The fraction of sp³-hybridized carbons (Fsp3) is 0.643. The predicted octanol–water partition coefficient (Wildman–Crippen LogP) is 1.00. The van der Waals surface area contributed by atoms with Gasteiger partial charge in [0.2, 0.25) is 0 Å². The molecule has 2 N–H and O–H groups in total. The zero-order valence-electron chi connectivity index (χ0n) is 12.6. The van der Waals surface area contributed by atoms with Gasteiger partial charge in [0.05, 0.1) is 6.61 Å². The molecule has 7 heteroatoms. The van der Waals surface area contributed by atoms with Crippen LogP contribution < -0.4 is 5.32 Å². The predicted molar refractivity (Wildman–Crippen MR) is 75.7 cm³/mol. The van der Waals surface area contributed by atoms with Crippen molar-refractivity contribution in [1.29, 1.82) is 0 Å². The molecule has 0 heterocycles. The minimum Gasteiger partial charge on any atom is -0.478 e. The molecule has 0 radical (unpaired) electrons. The van der Waals surface area contributed by atoms with Gasteiger partial charge >= 0.3 is 12.0 Å². The van der Waals surface area contributed by atoms with E-state index in [1.807, 2.05) is 0 Å². The lowest BCUT2D eigenvalue weighted by Gasteiger charge is -2.17. The minimum atomic E-state index is -1.18. The molecule has 1 aliphatic rings. The zero-order chi connectivity index (χ0) is 16.0. The van der Waals surface area contributed by atoms with Crippen molar-refractivity contribution in [2.45, 2.75) is 26.7 Å². The second kappa shape index (κ2) is 7.78. The van der Waals surface area contributed by atoms with Crippen LogP contribution in [-0.2, 0) is 14.3 Å². The highest BCUT2D eigenvalue weighted by atomic mass is 16.5. The van der Waals surface area contributed by atoms with Crippen LogP contribution in [0.2, 0.25) is 0 Å². The summed E-state index contributed by atoms with van der Waals surface area (Å²) < 4.78 is 5.41. The van der Waals surface area contributed by atoms with E-state index in [0.29, 0.717) is 25.7 Å². The van der Waals surface area contributed by atoms with Gasteiger partial charge in [-0.25, -0.2) is 9.59 Å². The molecule has 0 spiro atoms. The highest BCUT2D eigenvalue weighted by Crippen LogP contribution is 2.28. The topological polar surface area (TPSA) is 95.9 Å². The van der Waals surface area contributed by atoms with Crippen molar-refractivity contribution in [3.05, 3.63) is 11.1 Å². The monoisotopic (exact) mass is 298 g/mol. The van der Waals surface area contributed by atoms with Crippen molar-refractivity contribution in [3.63, 3.8) is 0 Å². The minimum absolute atomic E-state index is 0.00855. The van der Waals surface area contributed by atoms with Gasteiger partial charge < -0.3 is 14.7 Å². The summed E-state index contributed by atoms with van der Waals surface area (Å²) in [7, 11) is 1.55. The smallest absolute Gasteiger partial charge is 0.331 e. The maximum atomic E-state index is 11.8. The van der Waals surface area contributed by atoms with Crippen LogP contribution in [0.1, 0.15) is 26.7 Å². The molecule has 0 aromatic carbocycles. The number of nitrogens with zero attached hydrogens (tertiary/aromatic N) is 1. The van der Waals surface area contributed by atoms with Crippen LogP contribution >= 0.6 is 0 Å². The zero-order valence-corrected chi connectivity index (χ0v) is 12.6. The van der Waals surface area contributed by atoms with Crippen LogP contribution in [0.15, 0.2) is 11.1 Å². The van der Waals surface area contributed by atoms with Crippen molar-refractivity contribution in [1.82, 2.24) is 10.2 Å². The van der Waals surface area contributed by atoms with E-state index in [2.05, 4.69) is 5.32 Å². The van der Waals surface area contributed by atoms with E-state index >= 15 is 0 Å². The van der Waals surface area contributed by atoms with Crippen LogP contribution in [0.3, 0.4) is 0 Å². The first-order valence-electron chi connectivity index (χ1n) is 6.88. The van der Waals surface area contributed by atoms with Crippen LogP contribution in [-0.4, -0.2) is 54.7 Å². The largest absolute Gasteiger partial charge is 0.478 e. The third-order valence-electron chi connectivity index (χ3n) is 3.41. The standard InChI is InChI=1S/C14H22N2O5/c1-9(10(2)13(18)19)12(17)15-14(20)16(3)6-7-21-8-11-4-5-11/h11H,4-8H2,1-3H3,(H,18,19)(H,15,17,20). The average Bonchev–Trinajstić information content (AvgIpc) is 3.25. The van der Waals surface area contributed by atoms with Gasteiger partial charge in [0.1, 0.15) is 0 Å². The first-order valence-corrected chi connectivity index (χ1v) is 6.88. The lowest BCUT2D eigenvalue weighted by molar-refractivity contribution is -0.133. The summed E-state index contributed by atoms with van der Waals surface area (Å²) in [5.74, 6) is -1.22.